The van der Waals surface area contributed by atoms with Gasteiger partial charge >= 0.3 is 0 Å². The fourth-order valence-corrected chi connectivity index (χ4v) is 2.23. The molecule has 21 heavy (non-hydrogen) atoms. The lowest BCUT2D eigenvalue weighted by Gasteiger charge is -2.13. The van der Waals surface area contributed by atoms with Crippen molar-refractivity contribution in [3.8, 4) is 0 Å². The zero-order valence-electron chi connectivity index (χ0n) is 11.7. The molecule has 0 aromatic heterocycles. The van der Waals surface area contributed by atoms with Gasteiger partial charge in [0.2, 0.25) is 0 Å². The van der Waals surface area contributed by atoms with E-state index in [1.165, 1.54) is 0 Å². The zero-order valence-corrected chi connectivity index (χ0v) is 11.7. The maximum atomic E-state index is 13.2. The van der Waals surface area contributed by atoms with E-state index in [-0.39, 0.29) is 12.3 Å². The topological polar surface area (TPSA) is 17.1 Å². The summed E-state index contributed by atoms with van der Waals surface area (Å²) in [6.45, 7) is 1.84. The van der Waals surface area contributed by atoms with Crippen LogP contribution < -0.4 is 0 Å². The van der Waals surface area contributed by atoms with Crippen LogP contribution in [0.25, 0.3) is 0 Å². The average Bonchev–Trinajstić information content (AvgIpc) is 2.53. The van der Waals surface area contributed by atoms with Gasteiger partial charge in [0.25, 0.3) is 6.08 Å². The molecule has 1 atom stereocenters. The lowest BCUT2D eigenvalue weighted by Crippen LogP contribution is -2.08. The minimum Gasteiger partial charge on any atom is -0.289 e. The summed E-state index contributed by atoms with van der Waals surface area (Å²) in [5, 5.41) is 0. The van der Waals surface area contributed by atoms with Crippen LogP contribution >= 0.6 is 0 Å². The van der Waals surface area contributed by atoms with E-state index in [2.05, 4.69) is 0 Å². The highest BCUT2D eigenvalue weighted by Crippen LogP contribution is 2.27. The van der Waals surface area contributed by atoms with Gasteiger partial charge in [-0.25, -0.2) is 0 Å². The summed E-state index contributed by atoms with van der Waals surface area (Å²) in [6, 6.07) is 17.5. The van der Waals surface area contributed by atoms with Gasteiger partial charge in [0, 0.05) is 5.56 Å². The Morgan fingerprint density at radius 3 is 2.00 bits per heavy atom. The number of halogens is 2. The summed E-state index contributed by atoms with van der Waals surface area (Å²) < 4.78 is 26.3. The fraction of sp³-hybridized carbons (Fsp3) is 0.167. The molecule has 0 aliphatic heterocycles. The second kappa shape index (κ2) is 6.93. The van der Waals surface area contributed by atoms with Crippen LogP contribution in [-0.4, -0.2) is 5.78 Å². The Kier molecular flexibility index (Phi) is 4.99. The number of ketones is 1. The molecule has 2 aromatic carbocycles. The Labute approximate surface area is 122 Å². The lowest BCUT2D eigenvalue weighted by atomic mass is 9.90. The van der Waals surface area contributed by atoms with Gasteiger partial charge in [0.05, 0.1) is 5.57 Å². The summed E-state index contributed by atoms with van der Waals surface area (Å²) in [6.07, 6.45) is -1.87. The molecule has 0 aliphatic rings. The summed E-state index contributed by atoms with van der Waals surface area (Å²) in [7, 11) is 0. The van der Waals surface area contributed by atoms with Gasteiger partial charge in [-0.05, 0) is 17.9 Å². The van der Waals surface area contributed by atoms with Crippen molar-refractivity contribution in [3.05, 3.63) is 83.4 Å². The molecule has 3 heteroatoms. The normalized spacial score (nSPS) is 11.8. The summed E-state index contributed by atoms with van der Waals surface area (Å²) in [5.41, 5.74) is 0.829. The second-order valence-electron chi connectivity index (χ2n) is 4.95. The molecule has 0 saturated heterocycles. The molecule has 1 nitrogen and oxygen atoms in total. The van der Waals surface area contributed by atoms with Gasteiger partial charge in [0.15, 0.2) is 5.78 Å². The first-order valence-corrected chi connectivity index (χ1v) is 6.78. The van der Waals surface area contributed by atoms with Crippen molar-refractivity contribution in [1.29, 1.82) is 0 Å². The molecule has 0 aliphatic carbocycles. The molecule has 0 heterocycles. The first kappa shape index (κ1) is 15.1. The van der Waals surface area contributed by atoms with Crippen LogP contribution in [0.5, 0.6) is 0 Å². The largest absolute Gasteiger partial charge is 0.289 e. The summed E-state index contributed by atoms with van der Waals surface area (Å²) in [4.78, 5) is 12.2. The van der Waals surface area contributed by atoms with E-state index in [0.717, 1.165) is 5.56 Å². The number of Topliss-reactive ketones (excluding diaryl/α,β-unsaturated/α-hetero) is 1. The predicted octanol–water partition coefficient (Wildman–Crippen LogP) is 5.21. The first-order valence-electron chi connectivity index (χ1n) is 6.78. The highest BCUT2D eigenvalue weighted by atomic mass is 19.3. The van der Waals surface area contributed by atoms with E-state index < -0.39 is 17.4 Å². The van der Waals surface area contributed by atoms with E-state index in [1.54, 1.807) is 30.3 Å². The maximum absolute atomic E-state index is 13.2. The zero-order chi connectivity index (χ0) is 15.2. The van der Waals surface area contributed by atoms with Crippen LogP contribution in [0.1, 0.15) is 35.2 Å². The smallest absolute Gasteiger partial charge is 0.277 e. The SMILES string of the molecule is CC(CC(C(=O)c1ccccc1)=C(F)F)c1ccccc1. The molecule has 0 fully saturated rings. The number of hydrogen-bond acceptors (Lipinski definition) is 1. The monoisotopic (exact) mass is 286 g/mol. The lowest BCUT2D eigenvalue weighted by molar-refractivity contribution is 0.102. The van der Waals surface area contributed by atoms with Gasteiger partial charge in [-0.1, -0.05) is 67.6 Å². The number of hydrogen-bond donors (Lipinski definition) is 0. The number of carbonyl (C=O) groups is 1. The number of rotatable bonds is 5. The van der Waals surface area contributed by atoms with E-state index in [4.69, 9.17) is 0 Å². The molecule has 108 valence electrons. The summed E-state index contributed by atoms with van der Waals surface area (Å²) >= 11 is 0. The van der Waals surface area contributed by atoms with Crippen molar-refractivity contribution >= 4 is 5.78 Å². The van der Waals surface area contributed by atoms with Crippen molar-refractivity contribution < 1.29 is 13.6 Å². The molecule has 2 rings (SSSR count). The van der Waals surface area contributed by atoms with Crippen LogP contribution in [0.4, 0.5) is 8.78 Å². The Morgan fingerprint density at radius 2 is 1.48 bits per heavy atom. The Bertz CT molecular complexity index is 629. The molecule has 0 radical (unpaired) electrons. The minimum absolute atomic E-state index is 0.0279. The highest BCUT2D eigenvalue weighted by Gasteiger charge is 2.21. The van der Waals surface area contributed by atoms with Crippen molar-refractivity contribution in [2.24, 2.45) is 0 Å². The third-order valence-corrected chi connectivity index (χ3v) is 3.42. The predicted molar refractivity (Wildman–Crippen MR) is 79.5 cm³/mol. The summed E-state index contributed by atoms with van der Waals surface area (Å²) in [5.74, 6) is -0.742. The molecular weight excluding hydrogens is 270 g/mol. The molecule has 1 unspecified atom stereocenters. The van der Waals surface area contributed by atoms with E-state index in [9.17, 15) is 13.6 Å². The number of allylic oxidation sites excluding steroid dienone is 1. The van der Waals surface area contributed by atoms with Crippen molar-refractivity contribution in [2.45, 2.75) is 19.3 Å². The van der Waals surface area contributed by atoms with Crippen LogP contribution in [0.3, 0.4) is 0 Å². The van der Waals surface area contributed by atoms with Gasteiger partial charge in [-0.2, -0.15) is 8.78 Å². The molecule has 0 bridgehead atoms. The second-order valence-corrected chi connectivity index (χ2v) is 4.95. The molecule has 0 N–H and O–H groups in total. The van der Waals surface area contributed by atoms with Gasteiger partial charge in [-0.3, -0.25) is 4.79 Å². The van der Waals surface area contributed by atoms with E-state index >= 15 is 0 Å². The Hall–Kier alpha value is -2.29. The van der Waals surface area contributed by atoms with Crippen molar-refractivity contribution in [1.82, 2.24) is 0 Å². The number of benzene rings is 2. The van der Waals surface area contributed by atoms with Crippen molar-refractivity contribution in [3.63, 3.8) is 0 Å². The third-order valence-electron chi connectivity index (χ3n) is 3.42. The highest BCUT2D eigenvalue weighted by molar-refractivity contribution is 6.08. The van der Waals surface area contributed by atoms with Gasteiger partial charge < -0.3 is 0 Å². The van der Waals surface area contributed by atoms with E-state index in [0.29, 0.717) is 5.56 Å². The minimum atomic E-state index is -1.90. The molecule has 2 aromatic rings. The van der Waals surface area contributed by atoms with Crippen LogP contribution in [0.2, 0.25) is 0 Å². The van der Waals surface area contributed by atoms with Gasteiger partial charge in [0.1, 0.15) is 0 Å². The van der Waals surface area contributed by atoms with Crippen LogP contribution in [-0.2, 0) is 0 Å². The van der Waals surface area contributed by atoms with Crippen molar-refractivity contribution in [2.75, 3.05) is 0 Å². The Balaban J connectivity index is 2.22. The van der Waals surface area contributed by atoms with Gasteiger partial charge in [-0.15, -0.1) is 0 Å². The molecule has 0 saturated carbocycles. The quantitative estimate of drug-likeness (QED) is 0.544. The van der Waals surface area contributed by atoms with Crippen LogP contribution in [0, 0.1) is 0 Å². The van der Waals surface area contributed by atoms with Crippen LogP contribution in [0.15, 0.2) is 72.3 Å². The first-order chi connectivity index (χ1) is 10.1. The van der Waals surface area contributed by atoms with E-state index in [1.807, 2.05) is 37.3 Å². The third kappa shape index (κ3) is 3.85. The maximum Gasteiger partial charge on any atom is 0.277 e. The fourth-order valence-electron chi connectivity index (χ4n) is 2.23. The Morgan fingerprint density at radius 1 is 0.952 bits per heavy atom. The molecule has 0 amide bonds. The average molecular weight is 286 g/mol. The molecule has 0 spiro atoms. The standard InChI is InChI=1S/C18H16F2O/c1-13(14-8-4-2-5-9-14)12-16(18(19)20)17(21)15-10-6-3-7-11-15/h2-11,13H,12H2,1H3. The number of carbonyl (C=O) groups excluding carboxylic acids is 1. The molecular formula is C18H16F2O.